The fraction of sp³-hybridized carbons (Fsp3) is 0.500. The second-order valence-corrected chi connectivity index (χ2v) is 11.9. The maximum absolute atomic E-state index is 13.8. The molecule has 1 aliphatic heterocycles. The van der Waals surface area contributed by atoms with Crippen molar-refractivity contribution in [3.63, 3.8) is 0 Å². The zero-order chi connectivity index (χ0) is 28.4. The molecular formula is C28H41ClN4O6S. The third kappa shape index (κ3) is 8.98. The van der Waals surface area contributed by atoms with Gasteiger partial charge in [0.05, 0.1) is 18.1 Å². The Morgan fingerprint density at radius 1 is 1.05 bits per heavy atom. The van der Waals surface area contributed by atoms with Crippen LogP contribution < -0.4 is 10.8 Å². The molecule has 0 saturated carbocycles. The van der Waals surface area contributed by atoms with Crippen LogP contribution in [0, 0.1) is 5.92 Å². The van der Waals surface area contributed by atoms with E-state index < -0.39 is 27.9 Å². The summed E-state index contributed by atoms with van der Waals surface area (Å²) >= 11 is 0. The van der Waals surface area contributed by atoms with Crippen molar-refractivity contribution in [2.24, 2.45) is 5.92 Å². The maximum Gasteiger partial charge on any atom is 0.262 e. The number of anilines is 1. The van der Waals surface area contributed by atoms with Gasteiger partial charge in [0.2, 0.25) is 10.0 Å². The van der Waals surface area contributed by atoms with Gasteiger partial charge in [-0.25, -0.2) is 13.9 Å². The monoisotopic (exact) mass is 596 g/mol. The van der Waals surface area contributed by atoms with Crippen LogP contribution in [0.4, 0.5) is 5.69 Å². The van der Waals surface area contributed by atoms with Crippen LogP contribution in [0.3, 0.4) is 0 Å². The second kappa shape index (κ2) is 16.0. The summed E-state index contributed by atoms with van der Waals surface area (Å²) in [5, 5.41) is 12.1. The van der Waals surface area contributed by atoms with Gasteiger partial charge >= 0.3 is 0 Å². The standard InChI is InChI=1S/C28H40N4O6S.ClH/c1-4-5-6-22-7-9-23(10-8-22)27(33)29-24-11-13-25(14-12-24)39(36,37)32(26(21(2)3)28(34)30-35)16-15-31-17-19-38-20-18-31;/h7-14,21,26,35H,4-6,15-20H2,1-3H3,(H,29,33)(H,30,34);1H. The van der Waals surface area contributed by atoms with Gasteiger partial charge in [0, 0.05) is 37.4 Å². The van der Waals surface area contributed by atoms with E-state index in [1.54, 1.807) is 31.5 Å². The minimum Gasteiger partial charge on any atom is -0.379 e. The molecule has 1 aliphatic rings. The van der Waals surface area contributed by atoms with Crippen LogP contribution in [0.15, 0.2) is 53.4 Å². The number of nitrogens with one attached hydrogen (secondary N) is 2. The van der Waals surface area contributed by atoms with Crippen molar-refractivity contribution >= 4 is 39.9 Å². The molecule has 0 bridgehead atoms. The maximum atomic E-state index is 13.8. The van der Waals surface area contributed by atoms with Gasteiger partial charge in [0.15, 0.2) is 0 Å². The third-order valence-corrected chi connectivity index (χ3v) is 8.71. The molecule has 0 spiro atoms. The zero-order valence-electron chi connectivity index (χ0n) is 23.3. The van der Waals surface area contributed by atoms with Crippen molar-refractivity contribution < 1.29 is 28.0 Å². The van der Waals surface area contributed by atoms with E-state index in [0.29, 0.717) is 44.1 Å². The summed E-state index contributed by atoms with van der Waals surface area (Å²) in [7, 11) is -4.12. The molecule has 2 aromatic carbocycles. The molecule has 222 valence electrons. The lowest BCUT2D eigenvalue weighted by Gasteiger charge is -2.34. The fourth-order valence-corrected chi connectivity index (χ4v) is 6.27. The molecule has 0 aromatic heterocycles. The van der Waals surface area contributed by atoms with Crippen LogP contribution in [0.5, 0.6) is 0 Å². The van der Waals surface area contributed by atoms with Gasteiger partial charge in [-0.3, -0.25) is 19.7 Å². The number of sulfonamides is 1. The Morgan fingerprint density at radius 3 is 2.23 bits per heavy atom. The topological polar surface area (TPSA) is 128 Å². The number of hydroxylamine groups is 1. The molecule has 1 atom stereocenters. The van der Waals surface area contributed by atoms with E-state index in [0.717, 1.165) is 23.6 Å². The first-order chi connectivity index (χ1) is 18.7. The summed E-state index contributed by atoms with van der Waals surface area (Å²) in [6, 6.07) is 12.2. The van der Waals surface area contributed by atoms with Crippen molar-refractivity contribution in [1.29, 1.82) is 0 Å². The number of rotatable bonds is 13. The van der Waals surface area contributed by atoms with E-state index in [2.05, 4.69) is 17.1 Å². The molecule has 12 heteroatoms. The minimum absolute atomic E-state index is 0. The summed E-state index contributed by atoms with van der Waals surface area (Å²) in [6.07, 6.45) is 3.16. The average molecular weight is 597 g/mol. The van der Waals surface area contributed by atoms with Crippen molar-refractivity contribution in [3.8, 4) is 0 Å². The smallest absolute Gasteiger partial charge is 0.262 e. The highest BCUT2D eigenvalue weighted by atomic mass is 35.5. The van der Waals surface area contributed by atoms with Gasteiger partial charge in [-0.05, 0) is 60.7 Å². The quantitative estimate of drug-likeness (QED) is 0.238. The summed E-state index contributed by atoms with van der Waals surface area (Å²) in [5.41, 5.74) is 3.76. The van der Waals surface area contributed by atoms with Crippen LogP contribution in [0.25, 0.3) is 0 Å². The van der Waals surface area contributed by atoms with Gasteiger partial charge < -0.3 is 10.1 Å². The number of nitrogens with zero attached hydrogens (tertiary/aromatic N) is 2. The van der Waals surface area contributed by atoms with E-state index >= 15 is 0 Å². The number of carbonyl (C=O) groups is 2. The third-order valence-electron chi connectivity index (χ3n) is 6.81. The molecular weight excluding hydrogens is 556 g/mol. The molecule has 3 N–H and O–H groups in total. The number of carbonyl (C=O) groups excluding carboxylic acids is 2. The first-order valence-corrected chi connectivity index (χ1v) is 14.9. The van der Waals surface area contributed by atoms with Gasteiger partial charge in [-0.1, -0.05) is 39.3 Å². The van der Waals surface area contributed by atoms with Crippen molar-refractivity contribution in [1.82, 2.24) is 14.7 Å². The number of amides is 2. The Labute approximate surface area is 243 Å². The minimum atomic E-state index is -4.12. The molecule has 2 amide bonds. The second-order valence-electron chi connectivity index (χ2n) is 10.0. The number of hydrogen-bond acceptors (Lipinski definition) is 7. The molecule has 3 rings (SSSR count). The van der Waals surface area contributed by atoms with Crippen LogP contribution in [-0.4, -0.2) is 80.1 Å². The first kappa shape index (κ1) is 33.7. The Kier molecular flexibility index (Phi) is 13.5. The molecule has 2 aromatic rings. The van der Waals surface area contributed by atoms with E-state index in [9.17, 15) is 23.2 Å². The van der Waals surface area contributed by atoms with Crippen molar-refractivity contribution in [2.75, 3.05) is 44.7 Å². The Hall–Kier alpha value is -2.54. The van der Waals surface area contributed by atoms with Crippen LogP contribution in [0.2, 0.25) is 0 Å². The van der Waals surface area contributed by atoms with Crippen LogP contribution in [0.1, 0.15) is 49.5 Å². The Bertz CT molecular complexity index is 1190. The number of hydrogen-bond donors (Lipinski definition) is 3. The van der Waals surface area contributed by atoms with Crippen LogP contribution >= 0.6 is 12.4 Å². The number of aryl methyl sites for hydroxylation is 1. The predicted molar refractivity (Wildman–Crippen MR) is 156 cm³/mol. The largest absolute Gasteiger partial charge is 0.379 e. The average Bonchev–Trinajstić information content (AvgIpc) is 2.94. The summed E-state index contributed by atoms with van der Waals surface area (Å²) in [5.74, 6) is -1.48. The molecule has 1 saturated heterocycles. The zero-order valence-corrected chi connectivity index (χ0v) is 25.0. The molecule has 1 heterocycles. The Morgan fingerprint density at radius 2 is 1.68 bits per heavy atom. The highest BCUT2D eigenvalue weighted by Gasteiger charge is 2.38. The lowest BCUT2D eigenvalue weighted by atomic mass is 10.0. The van der Waals surface area contributed by atoms with E-state index in [4.69, 9.17) is 4.74 Å². The number of ether oxygens (including phenoxy) is 1. The molecule has 0 radical (unpaired) electrons. The van der Waals surface area contributed by atoms with E-state index in [1.807, 2.05) is 12.1 Å². The number of benzene rings is 2. The normalized spacial score (nSPS) is 14.9. The van der Waals surface area contributed by atoms with Gasteiger partial charge in [0.25, 0.3) is 11.8 Å². The lowest BCUT2D eigenvalue weighted by Crippen LogP contribution is -2.54. The highest BCUT2D eigenvalue weighted by Crippen LogP contribution is 2.24. The number of morpholine rings is 1. The molecule has 1 unspecified atom stereocenters. The summed E-state index contributed by atoms with van der Waals surface area (Å²) < 4.78 is 34.0. The van der Waals surface area contributed by atoms with Gasteiger partial charge in [0.1, 0.15) is 6.04 Å². The predicted octanol–water partition coefficient (Wildman–Crippen LogP) is 3.56. The van der Waals surface area contributed by atoms with Crippen molar-refractivity contribution in [2.45, 2.75) is 51.0 Å². The molecule has 0 aliphatic carbocycles. The number of halogens is 1. The Balaban J connectivity index is 0.00000560. The lowest BCUT2D eigenvalue weighted by molar-refractivity contribution is -0.134. The molecule has 1 fully saturated rings. The van der Waals surface area contributed by atoms with Gasteiger partial charge in [-0.15, -0.1) is 12.4 Å². The van der Waals surface area contributed by atoms with Crippen molar-refractivity contribution in [3.05, 3.63) is 59.7 Å². The van der Waals surface area contributed by atoms with E-state index in [-0.39, 0.29) is 29.8 Å². The molecule has 10 nitrogen and oxygen atoms in total. The fourth-order valence-electron chi connectivity index (χ4n) is 4.56. The van der Waals surface area contributed by atoms with E-state index in [1.165, 1.54) is 29.8 Å². The first-order valence-electron chi connectivity index (χ1n) is 13.4. The van der Waals surface area contributed by atoms with Crippen LogP contribution in [-0.2, 0) is 26.0 Å². The number of unbranched alkanes of at least 4 members (excludes halogenated alkanes) is 1. The molecule has 40 heavy (non-hydrogen) atoms. The highest BCUT2D eigenvalue weighted by molar-refractivity contribution is 7.89. The summed E-state index contributed by atoms with van der Waals surface area (Å²) in [6.45, 7) is 8.53. The SMILES string of the molecule is CCCCc1ccc(C(=O)Nc2ccc(S(=O)(=O)N(CCN3CCOCC3)C(C(=O)NO)C(C)C)cc2)cc1.Cl. The summed E-state index contributed by atoms with van der Waals surface area (Å²) in [4.78, 5) is 27.3. The van der Waals surface area contributed by atoms with Gasteiger partial charge in [-0.2, -0.15) is 4.31 Å².